The lowest BCUT2D eigenvalue weighted by atomic mass is 10.00. The maximum atomic E-state index is 12.1. The molecule has 2 aromatic rings. The first kappa shape index (κ1) is 10.9. The van der Waals surface area contributed by atoms with Gasteiger partial charge in [-0.15, -0.1) is 0 Å². The standard InChI is InChI=1S/C14H17NO/c1-9(2)14(16)12-8-15(4)13-6-5-10(3)7-11(12)13/h5-9H,1-4H3. The molecule has 1 aromatic heterocycles. The Bertz CT molecular complexity index is 549. The molecule has 2 rings (SSSR count). The Hall–Kier alpha value is -1.57. The Kier molecular flexibility index (Phi) is 2.58. The smallest absolute Gasteiger partial charge is 0.167 e. The van der Waals surface area contributed by atoms with E-state index >= 15 is 0 Å². The van der Waals surface area contributed by atoms with E-state index in [2.05, 4.69) is 25.1 Å². The van der Waals surface area contributed by atoms with Crippen molar-refractivity contribution in [3.8, 4) is 0 Å². The molecule has 0 atom stereocenters. The van der Waals surface area contributed by atoms with E-state index < -0.39 is 0 Å². The third-order valence-electron chi connectivity index (χ3n) is 2.93. The van der Waals surface area contributed by atoms with Crippen LogP contribution in [0.2, 0.25) is 0 Å². The van der Waals surface area contributed by atoms with Crippen LogP contribution in [0.1, 0.15) is 29.8 Å². The Labute approximate surface area is 95.9 Å². The van der Waals surface area contributed by atoms with E-state index in [1.165, 1.54) is 5.56 Å². The van der Waals surface area contributed by atoms with E-state index in [0.717, 1.165) is 16.5 Å². The predicted molar refractivity (Wildman–Crippen MR) is 66.8 cm³/mol. The molecule has 2 nitrogen and oxygen atoms in total. The van der Waals surface area contributed by atoms with Crippen molar-refractivity contribution in [3.05, 3.63) is 35.5 Å². The average molecular weight is 215 g/mol. The number of hydrogen-bond acceptors (Lipinski definition) is 1. The summed E-state index contributed by atoms with van der Waals surface area (Å²) in [4.78, 5) is 12.1. The van der Waals surface area contributed by atoms with Crippen LogP contribution in [0.15, 0.2) is 24.4 Å². The summed E-state index contributed by atoms with van der Waals surface area (Å²) in [6.45, 7) is 5.93. The highest BCUT2D eigenvalue weighted by Gasteiger charge is 2.16. The van der Waals surface area contributed by atoms with Crippen molar-refractivity contribution in [1.29, 1.82) is 0 Å². The van der Waals surface area contributed by atoms with Gasteiger partial charge in [0.15, 0.2) is 5.78 Å². The van der Waals surface area contributed by atoms with Gasteiger partial charge >= 0.3 is 0 Å². The Morgan fingerprint density at radius 3 is 2.62 bits per heavy atom. The fourth-order valence-electron chi connectivity index (χ4n) is 2.01. The molecular formula is C14H17NO. The van der Waals surface area contributed by atoms with E-state index in [-0.39, 0.29) is 11.7 Å². The molecule has 84 valence electrons. The maximum absolute atomic E-state index is 12.1. The van der Waals surface area contributed by atoms with E-state index in [1.54, 1.807) is 0 Å². The average Bonchev–Trinajstić information content (AvgIpc) is 2.54. The van der Waals surface area contributed by atoms with Crippen LogP contribution < -0.4 is 0 Å². The predicted octanol–water partition coefficient (Wildman–Crippen LogP) is 3.33. The third-order valence-corrected chi connectivity index (χ3v) is 2.93. The summed E-state index contributed by atoms with van der Waals surface area (Å²) < 4.78 is 2.02. The topological polar surface area (TPSA) is 22.0 Å². The molecule has 0 fully saturated rings. The molecule has 0 bridgehead atoms. The summed E-state index contributed by atoms with van der Waals surface area (Å²) in [7, 11) is 1.98. The van der Waals surface area contributed by atoms with Gasteiger partial charge in [0.2, 0.25) is 0 Å². The minimum atomic E-state index is 0.0473. The molecule has 16 heavy (non-hydrogen) atoms. The van der Waals surface area contributed by atoms with Crippen LogP contribution in [0, 0.1) is 12.8 Å². The molecule has 1 aromatic carbocycles. The van der Waals surface area contributed by atoms with Crippen LogP contribution in [0.5, 0.6) is 0 Å². The molecule has 0 saturated carbocycles. The van der Waals surface area contributed by atoms with Gasteiger partial charge in [-0.3, -0.25) is 4.79 Å². The summed E-state index contributed by atoms with van der Waals surface area (Å²) in [5.74, 6) is 0.266. The molecule has 0 N–H and O–H groups in total. The first-order chi connectivity index (χ1) is 7.50. The second-order valence-corrected chi connectivity index (χ2v) is 4.69. The van der Waals surface area contributed by atoms with Crippen molar-refractivity contribution >= 4 is 16.7 Å². The molecule has 0 aliphatic carbocycles. The molecular weight excluding hydrogens is 198 g/mol. The highest BCUT2D eigenvalue weighted by atomic mass is 16.1. The number of rotatable bonds is 2. The van der Waals surface area contributed by atoms with Gasteiger partial charge in [0.25, 0.3) is 0 Å². The van der Waals surface area contributed by atoms with Gasteiger partial charge in [0.05, 0.1) is 0 Å². The summed E-state index contributed by atoms with van der Waals surface area (Å²) in [5.41, 5.74) is 3.15. The van der Waals surface area contributed by atoms with Crippen LogP contribution in [-0.2, 0) is 7.05 Å². The SMILES string of the molecule is Cc1ccc2c(c1)c(C(=O)C(C)C)cn2C. The maximum Gasteiger partial charge on any atom is 0.167 e. The first-order valence-corrected chi connectivity index (χ1v) is 5.60. The molecule has 2 heteroatoms. The van der Waals surface area contributed by atoms with E-state index in [0.29, 0.717) is 0 Å². The van der Waals surface area contributed by atoms with Crippen molar-refractivity contribution in [2.24, 2.45) is 13.0 Å². The minimum Gasteiger partial charge on any atom is -0.350 e. The van der Waals surface area contributed by atoms with Crippen molar-refractivity contribution < 1.29 is 4.79 Å². The summed E-state index contributed by atoms with van der Waals surface area (Å²) in [6, 6.07) is 6.23. The van der Waals surface area contributed by atoms with Gasteiger partial charge < -0.3 is 4.57 Å². The molecule has 0 spiro atoms. The molecule has 0 saturated heterocycles. The van der Waals surface area contributed by atoms with E-state index in [4.69, 9.17) is 0 Å². The van der Waals surface area contributed by atoms with E-state index in [1.807, 2.05) is 31.7 Å². The second kappa shape index (κ2) is 3.78. The van der Waals surface area contributed by atoms with Crippen molar-refractivity contribution in [2.45, 2.75) is 20.8 Å². The fraction of sp³-hybridized carbons (Fsp3) is 0.357. The monoisotopic (exact) mass is 215 g/mol. The van der Waals surface area contributed by atoms with Crippen molar-refractivity contribution in [1.82, 2.24) is 4.57 Å². The van der Waals surface area contributed by atoms with Gasteiger partial charge in [-0.25, -0.2) is 0 Å². The number of carbonyl (C=O) groups is 1. The number of carbonyl (C=O) groups excluding carboxylic acids is 1. The molecule has 0 radical (unpaired) electrons. The Balaban J connectivity index is 2.71. The van der Waals surface area contributed by atoms with Crippen LogP contribution in [0.4, 0.5) is 0 Å². The van der Waals surface area contributed by atoms with Crippen LogP contribution in [0.25, 0.3) is 10.9 Å². The summed E-state index contributed by atoms with van der Waals surface area (Å²) in [6.07, 6.45) is 1.94. The number of fused-ring (bicyclic) bond motifs is 1. The fourth-order valence-corrected chi connectivity index (χ4v) is 2.01. The van der Waals surface area contributed by atoms with Gasteiger partial charge in [0, 0.05) is 35.6 Å². The zero-order chi connectivity index (χ0) is 11.9. The first-order valence-electron chi connectivity index (χ1n) is 5.60. The molecule has 0 amide bonds. The van der Waals surface area contributed by atoms with Crippen LogP contribution in [-0.4, -0.2) is 10.4 Å². The lowest BCUT2D eigenvalue weighted by Gasteiger charge is -2.02. The van der Waals surface area contributed by atoms with Gasteiger partial charge in [-0.2, -0.15) is 0 Å². The Morgan fingerprint density at radius 1 is 1.31 bits per heavy atom. The number of aromatic nitrogens is 1. The zero-order valence-corrected chi connectivity index (χ0v) is 10.2. The number of hydrogen-bond donors (Lipinski definition) is 0. The number of Topliss-reactive ketones (excluding diaryl/α,β-unsaturated/α-hetero) is 1. The zero-order valence-electron chi connectivity index (χ0n) is 10.2. The molecule has 0 aliphatic rings. The third kappa shape index (κ3) is 1.64. The lowest BCUT2D eigenvalue weighted by Crippen LogP contribution is -2.06. The highest BCUT2D eigenvalue weighted by molar-refractivity contribution is 6.09. The molecule has 0 unspecified atom stereocenters. The van der Waals surface area contributed by atoms with Crippen molar-refractivity contribution in [2.75, 3.05) is 0 Å². The second-order valence-electron chi connectivity index (χ2n) is 4.69. The van der Waals surface area contributed by atoms with Gasteiger partial charge in [0.1, 0.15) is 0 Å². The Morgan fingerprint density at radius 2 is 2.00 bits per heavy atom. The number of nitrogens with zero attached hydrogens (tertiary/aromatic N) is 1. The summed E-state index contributed by atoms with van der Waals surface area (Å²) >= 11 is 0. The van der Waals surface area contributed by atoms with Crippen molar-refractivity contribution in [3.63, 3.8) is 0 Å². The quantitative estimate of drug-likeness (QED) is 0.704. The largest absolute Gasteiger partial charge is 0.350 e. The van der Waals surface area contributed by atoms with Gasteiger partial charge in [-0.1, -0.05) is 25.5 Å². The van der Waals surface area contributed by atoms with E-state index in [9.17, 15) is 4.79 Å². The molecule has 0 aliphatic heterocycles. The highest BCUT2D eigenvalue weighted by Crippen LogP contribution is 2.24. The number of benzene rings is 1. The summed E-state index contributed by atoms with van der Waals surface area (Å²) in [5, 5.41) is 1.07. The van der Waals surface area contributed by atoms with Crippen LogP contribution in [0.3, 0.4) is 0 Å². The lowest BCUT2D eigenvalue weighted by molar-refractivity contribution is 0.0941. The normalized spacial score (nSPS) is 11.3. The van der Waals surface area contributed by atoms with Crippen LogP contribution >= 0.6 is 0 Å². The van der Waals surface area contributed by atoms with Gasteiger partial charge in [-0.05, 0) is 19.1 Å². The molecule has 1 heterocycles. The number of ketones is 1. The minimum absolute atomic E-state index is 0.0473. The number of aryl methyl sites for hydroxylation is 2.